The van der Waals surface area contributed by atoms with Gasteiger partial charge in [0.15, 0.2) is 0 Å². The number of carbonyl (C=O) groups excluding carboxylic acids is 3. The lowest BCUT2D eigenvalue weighted by molar-refractivity contribution is -0.128. The van der Waals surface area contributed by atoms with E-state index in [1.165, 1.54) is 6.92 Å². The van der Waals surface area contributed by atoms with Crippen LogP contribution >= 0.6 is 11.6 Å². The minimum absolute atomic E-state index is 0.0519. The van der Waals surface area contributed by atoms with Crippen molar-refractivity contribution >= 4 is 35.1 Å². The van der Waals surface area contributed by atoms with Gasteiger partial charge in [-0.1, -0.05) is 54.1 Å². The highest BCUT2D eigenvalue weighted by atomic mass is 35.5. The van der Waals surface area contributed by atoms with Crippen LogP contribution in [0.2, 0.25) is 5.02 Å². The van der Waals surface area contributed by atoms with E-state index in [1.807, 2.05) is 36.4 Å². The Bertz CT molecular complexity index is 914. The Labute approximate surface area is 187 Å². The second kappa shape index (κ2) is 10.8. The van der Waals surface area contributed by atoms with E-state index < -0.39 is 6.04 Å². The molecular weight excluding hydrogens is 416 g/mol. The standard InChI is InChI=1S/C23H27ClN4O3/c1-16(29)25-21(15-17-7-3-2-4-8-17)22(30)26-18-11-13-28(14-12-18)23(31)27-20-10-6-5-9-19(20)24/h2-10,18,21H,11-15H2,1H3,(H,25,29)(H,26,30)(H,27,31). The maximum absolute atomic E-state index is 12.8. The molecule has 1 aliphatic heterocycles. The summed E-state index contributed by atoms with van der Waals surface area (Å²) in [6.45, 7) is 2.44. The number of nitrogens with one attached hydrogen (secondary N) is 3. The number of anilines is 1. The zero-order chi connectivity index (χ0) is 22.2. The molecule has 164 valence electrons. The summed E-state index contributed by atoms with van der Waals surface area (Å²) in [4.78, 5) is 38.6. The van der Waals surface area contributed by atoms with E-state index in [0.717, 1.165) is 5.56 Å². The summed E-state index contributed by atoms with van der Waals surface area (Å²) >= 11 is 6.10. The molecule has 0 aliphatic carbocycles. The van der Waals surface area contributed by atoms with E-state index in [9.17, 15) is 14.4 Å². The zero-order valence-corrected chi connectivity index (χ0v) is 18.2. The summed E-state index contributed by atoms with van der Waals surface area (Å²) in [5, 5.41) is 9.08. The largest absolute Gasteiger partial charge is 0.351 e. The van der Waals surface area contributed by atoms with Crippen molar-refractivity contribution in [3.8, 4) is 0 Å². The Morgan fingerprint density at radius 1 is 1.03 bits per heavy atom. The first-order valence-corrected chi connectivity index (χ1v) is 10.7. The highest BCUT2D eigenvalue weighted by Crippen LogP contribution is 2.21. The topological polar surface area (TPSA) is 90.5 Å². The quantitative estimate of drug-likeness (QED) is 0.641. The van der Waals surface area contributed by atoms with Crippen molar-refractivity contribution in [3.63, 3.8) is 0 Å². The molecule has 2 aromatic rings. The SMILES string of the molecule is CC(=O)NC(Cc1ccccc1)C(=O)NC1CCN(C(=O)Nc2ccccc2Cl)CC1. The van der Waals surface area contributed by atoms with E-state index in [-0.39, 0.29) is 23.9 Å². The minimum atomic E-state index is -0.638. The van der Waals surface area contributed by atoms with Gasteiger partial charge in [-0.25, -0.2) is 4.79 Å². The van der Waals surface area contributed by atoms with Crippen LogP contribution in [0.5, 0.6) is 0 Å². The van der Waals surface area contributed by atoms with E-state index in [0.29, 0.717) is 43.1 Å². The molecule has 0 radical (unpaired) electrons. The molecule has 1 unspecified atom stereocenters. The van der Waals surface area contributed by atoms with Gasteiger partial charge in [-0.15, -0.1) is 0 Å². The van der Waals surface area contributed by atoms with Crippen molar-refractivity contribution in [2.24, 2.45) is 0 Å². The highest BCUT2D eigenvalue weighted by molar-refractivity contribution is 6.33. The van der Waals surface area contributed by atoms with Crippen LogP contribution < -0.4 is 16.0 Å². The van der Waals surface area contributed by atoms with Gasteiger partial charge in [0.2, 0.25) is 11.8 Å². The van der Waals surface area contributed by atoms with Gasteiger partial charge in [0.25, 0.3) is 0 Å². The number of urea groups is 1. The van der Waals surface area contributed by atoms with Gasteiger partial charge >= 0.3 is 6.03 Å². The molecule has 1 saturated heterocycles. The van der Waals surface area contributed by atoms with Gasteiger partial charge in [0.1, 0.15) is 6.04 Å². The molecule has 1 heterocycles. The highest BCUT2D eigenvalue weighted by Gasteiger charge is 2.27. The number of para-hydroxylation sites is 1. The van der Waals surface area contributed by atoms with E-state index in [1.54, 1.807) is 23.1 Å². The molecule has 31 heavy (non-hydrogen) atoms. The summed E-state index contributed by atoms with van der Waals surface area (Å²) < 4.78 is 0. The normalized spacial score (nSPS) is 15.1. The molecule has 3 N–H and O–H groups in total. The van der Waals surface area contributed by atoms with Crippen molar-refractivity contribution < 1.29 is 14.4 Å². The summed E-state index contributed by atoms with van der Waals surface area (Å²) in [5.41, 5.74) is 1.55. The van der Waals surface area contributed by atoms with Gasteiger partial charge in [0.05, 0.1) is 10.7 Å². The van der Waals surface area contributed by atoms with E-state index >= 15 is 0 Å². The number of benzene rings is 2. The number of carbonyl (C=O) groups is 3. The molecule has 0 aromatic heterocycles. The van der Waals surface area contributed by atoms with Crippen molar-refractivity contribution in [3.05, 3.63) is 65.2 Å². The van der Waals surface area contributed by atoms with Crippen LogP contribution in [0.1, 0.15) is 25.3 Å². The number of hydrogen-bond acceptors (Lipinski definition) is 3. The third-order valence-electron chi connectivity index (χ3n) is 5.22. The predicted octanol–water partition coefficient (Wildman–Crippen LogP) is 3.20. The molecule has 1 aliphatic rings. The lowest BCUT2D eigenvalue weighted by Crippen LogP contribution is -2.53. The van der Waals surface area contributed by atoms with Crippen LogP contribution in [0.4, 0.5) is 10.5 Å². The molecule has 1 fully saturated rings. The van der Waals surface area contributed by atoms with Gasteiger partial charge in [0, 0.05) is 32.5 Å². The van der Waals surface area contributed by atoms with Crippen molar-refractivity contribution in [2.75, 3.05) is 18.4 Å². The smallest absolute Gasteiger partial charge is 0.321 e. The van der Waals surface area contributed by atoms with Crippen LogP contribution in [0.3, 0.4) is 0 Å². The predicted molar refractivity (Wildman–Crippen MR) is 121 cm³/mol. The van der Waals surface area contributed by atoms with Crippen LogP contribution in [0.25, 0.3) is 0 Å². The van der Waals surface area contributed by atoms with Crippen molar-refractivity contribution in [1.82, 2.24) is 15.5 Å². The van der Waals surface area contributed by atoms with Gasteiger partial charge in [-0.05, 0) is 30.5 Å². The fraction of sp³-hybridized carbons (Fsp3) is 0.348. The Balaban J connectivity index is 1.51. The first-order chi connectivity index (χ1) is 14.9. The Kier molecular flexibility index (Phi) is 7.89. The van der Waals surface area contributed by atoms with Crippen molar-refractivity contribution in [1.29, 1.82) is 0 Å². The lowest BCUT2D eigenvalue weighted by atomic mass is 10.0. The molecule has 0 bridgehead atoms. The maximum Gasteiger partial charge on any atom is 0.321 e. The number of hydrogen-bond donors (Lipinski definition) is 3. The number of likely N-dealkylation sites (tertiary alicyclic amines) is 1. The Morgan fingerprint density at radius 3 is 2.32 bits per heavy atom. The molecule has 8 heteroatoms. The second-order valence-corrected chi connectivity index (χ2v) is 8.03. The third kappa shape index (κ3) is 6.72. The number of nitrogens with zero attached hydrogens (tertiary/aromatic N) is 1. The summed E-state index contributed by atoms with van der Waals surface area (Å²) in [6.07, 6.45) is 1.70. The molecule has 2 aromatic carbocycles. The van der Waals surface area contributed by atoms with Crippen LogP contribution in [0.15, 0.2) is 54.6 Å². The third-order valence-corrected chi connectivity index (χ3v) is 5.55. The summed E-state index contributed by atoms with van der Waals surface area (Å²) in [5.74, 6) is -0.458. The van der Waals surface area contributed by atoms with Gasteiger partial charge < -0.3 is 20.9 Å². The average molecular weight is 443 g/mol. The van der Waals surface area contributed by atoms with Crippen LogP contribution in [-0.2, 0) is 16.0 Å². The first-order valence-electron chi connectivity index (χ1n) is 10.3. The number of rotatable bonds is 6. The Morgan fingerprint density at radius 2 is 1.68 bits per heavy atom. The van der Waals surface area contributed by atoms with Gasteiger partial charge in [-0.2, -0.15) is 0 Å². The van der Waals surface area contributed by atoms with E-state index in [4.69, 9.17) is 11.6 Å². The number of amides is 4. The Hall–Kier alpha value is -3.06. The van der Waals surface area contributed by atoms with Crippen LogP contribution in [-0.4, -0.2) is 47.9 Å². The lowest BCUT2D eigenvalue weighted by Gasteiger charge is -2.33. The fourth-order valence-electron chi connectivity index (χ4n) is 3.59. The monoisotopic (exact) mass is 442 g/mol. The number of halogens is 1. The summed E-state index contributed by atoms with van der Waals surface area (Å²) in [7, 11) is 0. The zero-order valence-electron chi connectivity index (χ0n) is 17.4. The molecule has 3 rings (SSSR count). The maximum atomic E-state index is 12.8. The molecule has 0 spiro atoms. The van der Waals surface area contributed by atoms with Gasteiger partial charge in [-0.3, -0.25) is 9.59 Å². The summed E-state index contributed by atoms with van der Waals surface area (Å²) in [6, 6.07) is 15.8. The first kappa shape index (κ1) is 22.6. The van der Waals surface area contributed by atoms with Crippen molar-refractivity contribution in [2.45, 2.75) is 38.3 Å². The molecule has 7 nitrogen and oxygen atoms in total. The van der Waals surface area contributed by atoms with E-state index in [2.05, 4.69) is 16.0 Å². The fourth-order valence-corrected chi connectivity index (χ4v) is 3.77. The number of piperidine rings is 1. The molecule has 4 amide bonds. The minimum Gasteiger partial charge on any atom is -0.351 e. The second-order valence-electron chi connectivity index (χ2n) is 7.62. The molecule has 0 saturated carbocycles. The van der Waals surface area contributed by atoms with Crippen LogP contribution in [0, 0.1) is 0 Å². The molecular formula is C23H27ClN4O3. The molecule has 1 atom stereocenters. The average Bonchev–Trinajstić information content (AvgIpc) is 2.76.